The maximum Gasteiger partial charge on any atom is 0.254 e. The first-order valence-electron chi connectivity index (χ1n) is 9.95. The molecule has 3 heterocycles. The van der Waals surface area contributed by atoms with Crippen molar-refractivity contribution < 1.29 is 0 Å². The summed E-state index contributed by atoms with van der Waals surface area (Å²) >= 11 is 0. The van der Waals surface area contributed by atoms with Crippen molar-refractivity contribution in [2.45, 2.75) is 39.9 Å². The predicted octanol–water partition coefficient (Wildman–Crippen LogP) is 3.76. The Kier molecular flexibility index (Phi) is 4.05. The lowest BCUT2D eigenvalue weighted by molar-refractivity contribution is 0.240. The van der Waals surface area contributed by atoms with Crippen LogP contribution < -0.4 is 5.56 Å². The van der Waals surface area contributed by atoms with Crippen LogP contribution >= 0.6 is 0 Å². The zero-order valence-corrected chi connectivity index (χ0v) is 16.3. The number of aryl methyl sites for hydroxylation is 2. The largest absolute Gasteiger partial charge is 0.341 e. The fraction of sp³-hybridized carbons (Fsp3) is 0.304. The van der Waals surface area contributed by atoms with E-state index in [4.69, 9.17) is 0 Å². The van der Waals surface area contributed by atoms with Gasteiger partial charge in [0.05, 0.1) is 5.69 Å². The molecule has 5 rings (SSSR count). The van der Waals surface area contributed by atoms with Crippen LogP contribution in [0.1, 0.15) is 29.6 Å². The van der Waals surface area contributed by atoms with Gasteiger partial charge in [-0.2, -0.15) is 0 Å². The molecule has 1 aliphatic rings. The summed E-state index contributed by atoms with van der Waals surface area (Å²) < 4.78 is 2.38. The number of aromatic nitrogens is 3. The van der Waals surface area contributed by atoms with Crippen LogP contribution in [0.25, 0.3) is 21.8 Å². The summed E-state index contributed by atoms with van der Waals surface area (Å²) in [4.78, 5) is 21.9. The second-order valence-corrected chi connectivity index (χ2v) is 7.65. The molecule has 0 unspecified atom stereocenters. The van der Waals surface area contributed by atoms with Crippen molar-refractivity contribution in [3.05, 3.63) is 75.5 Å². The molecule has 0 aliphatic carbocycles. The Morgan fingerprint density at radius 2 is 1.93 bits per heavy atom. The summed E-state index contributed by atoms with van der Waals surface area (Å²) in [6, 6.07) is 15.4. The molecule has 0 saturated heterocycles. The molecule has 5 heteroatoms. The van der Waals surface area contributed by atoms with Gasteiger partial charge in [0, 0.05) is 53.5 Å². The van der Waals surface area contributed by atoms with Gasteiger partial charge in [0.1, 0.15) is 5.82 Å². The smallest absolute Gasteiger partial charge is 0.254 e. The van der Waals surface area contributed by atoms with Gasteiger partial charge in [-0.15, -0.1) is 0 Å². The number of hydrogen-bond donors (Lipinski definition) is 1. The molecule has 1 aliphatic heterocycles. The van der Waals surface area contributed by atoms with Crippen molar-refractivity contribution >= 4 is 21.8 Å². The molecule has 5 nitrogen and oxygen atoms in total. The molecule has 142 valence electrons. The summed E-state index contributed by atoms with van der Waals surface area (Å²) in [5.74, 6) is 0.694. The van der Waals surface area contributed by atoms with Crippen molar-refractivity contribution in [1.29, 1.82) is 0 Å². The van der Waals surface area contributed by atoms with Crippen molar-refractivity contribution in [2.75, 3.05) is 6.54 Å². The summed E-state index contributed by atoms with van der Waals surface area (Å²) in [6.07, 6.45) is 0.759. The van der Waals surface area contributed by atoms with E-state index in [1.807, 2.05) is 6.92 Å². The predicted molar refractivity (Wildman–Crippen MR) is 113 cm³/mol. The lowest BCUT2D eigenvalue weighted by Gasteiger charge is -2.27. The molecule has 2 aromatic carbocycles. The maximum atomic E-state index is 12.1. The monoisotopic (exact) mass is 372 g/mol. The lowest BCUT2D eigenvalue weighted by Crippen LogP contribution is -2.35. The molecule has 0 spiro atoms. The van der Waals surface area contributed by atoms with Gasteiger partial charge < -0.3 is 9.55 Å². The van der Waals surface area contributed by atoms with E-state index in [2.05, 4.69) is 68.8 Å². The highest BCUT2D eigenvalue weighted by molar-refractivity contribution is 6.08. The third-order valence-electron chi connectivity index (χ3n) is 5.83. The first kappa shape index (κ1) is 17.2. The molecule has 0 fully saturated rings. The van der Waals surface area contributed by atoms with Crippen LogP contribution in [-0.2, 0) is 26.1 Å². The fourth-order valence-corrected chi connectivity index (χ4v) is 4.55. The molecule has 28 heavy (non-hydrogen) atoms. The number of para-hydroxylation sites is 1. The molecule has 1 N–H and O–H groups in total. The maximum absolute atomic E-state index is 12.1. The number of H-pyrrole nitrogens is 1. The van der Waals surface area contributed by atoms with Crippen LogP contribution in [-0.4, -0.2) is 26.0 Å². The average Bonchev–Trinajstić information content (AvgIpc) is 3.00. The average molecular weight is 372 g/mol. The Morgan fingerprint density at radius 3 is 2.79 bits per heavy atom. The van der Waals surface area contributed by atoms with Gasteiger partial charge in [-0.3, -0.25) is 9.69 Å². The number of nitrogens with zero attached hydrogens (tertiary/aromatic N) is 3. The Labute approximate surface area is 163 Å². The number of rotatable bonds is 3. The van der Waals surface area contributed by atoms with E-state index < -0.39 is 0 Å². The van der Waals surface area contributed by atoms with E-state index in [1.54, 1.807) is 0 Å². The molecule has 0 saturated carbocycles. The van der Waals surface area contributed by atoms with Gasteiger partial charge in [-0.25, -0.2) is 4.98 Å². The Balaban J connectivity index is 1.49. The molecule has 2 aromatic heterocycles. The first-order chi connectivity index (χ1) is 13.6. The summed E-state index contributed by atoms with van der Waals surface area (Å²) in [5, 5.41) is 2.63. The number of benzene rings is 2. The van der Waals surface area contributed by atoms with Crippen molar-refractivity contribution in [3.8, 4) is 0 Å². The van der Waals surface area contributed by atoms with Crippen LogP contribution in [0.15, 0.2) is 47.3 Å². The topological polar surface area (TPSA) is 53.9 Å². The highest BCUT2D eigenvalue weighted by Gasteiger charge is 2.21. The summed E-state index contributed by atoms with van der Waals surface area (Å²) in [5.41, 5.74) is 5.69. The molecule has 0 radical (unpaired) electrons. The second-order valence-electron chi connectivity index (χ2n) is 7.65. The van der Waals surface area contributed by atoms with Gasteiger partial charge in [-0.05, 0) is 44.0 Å². The zero-order chi connectivity index (χ0) is 19.3. The van der Waals surface area contributed by atoms with Crippen LogP contribution in [0, 0.1) is 6.92 Å². The van der Waals surface area contributed by atoms with Crippen molar-refractivity contribution in [3.63, 3.8) is 0 Å². The lowest BCUT2D eigenvalue weighted by atomic mass is 10.0. The van der Waals surface area contributed by atoms with E-state index in [0.29, 0.717) is 5.82 Å². The number of nitrogens with one attached hydrogen (secondary N) is 1. The Hall–Kier alpha value is -2.92. The third kappa shape index (κ3) is 2.74. The van der Waals surface area contributed by atoms with Gasteiger partial charge in [0.15, 0.2) is 0 Å². The number of aromatic amines is 1. The van der Waals surface area contributed by atoms with Crippen LogP contribution in [0.5, 0.6) is 0 Å². The zero-order valence-electron chi connectivity index (χ0n) is 16.3. The molecule has 0 atom stereocenters. The van der Waals surface area contributed by atoms with Crippen LogP contribution in [0.4, 0.5) is 0 Å². The number of fused-ring (bicyclic) bond motifs is 4. The molecular formula is C23H24N4O. The first-order valence-corrected chi connectivity index (χ1v) is 9.95. The van der Waals surface area contributed by atoms with E-state index >= 15 is 0 Å². The van der Waals surface area contributed by atoms with Gasteiger partial charge in [-0.1, -0.05) is 24.3 Å². The highest BCUT2D eigenvalue weighted by atomic mass is 16.1. The van der Waals surface area contributed by atoms with Gasteiger partial charge in [0.25, 0.3) is 5.56 Å². The minimum Gasteiger partial charge on any atom is -0.341 e. The molecule has 0 bridgehead atoms. The van der Waals surface area contributed by atoms with Gasteiger partial charge in [0.2, 0.25) is 0 Å². The third-order valence-corrected chi connectivity index (χ3v) is 5.83. The number of hydrogen-bond acceptors (Lipinski definition) is 3. The fourth-order valence-electron chi connectivity index (χ4n) is 4.55. The van der Waals surface area contributed by atoms with E-state index in [9.17, 15) is 4.79 Å². The second kappa shape index (κ2) is 6.60. The van der Waals surface area contributed by atoms with E-state index in [-0.39, 0.29) is 5.56 Å². The Morgan fingerprint density at radius 1 is 1.11 bits per heavy atom. The molecule has 0 amide bonds. The van der Waals surface area contributed by atoms with Crippen LogP contribution in [0.2, 0.25) is 0 Å². The summed E-state index contributed by atoms with van der Waals surface area (Å²) in [7, 11) is 0. The van der Waals surface area contributed by atoms with Gasteiger partial charge >= 0.3 is 0 Å². The minimum absolute atomic E-state index is 0.0240. The Bertz CT molecular complexity index is 1250. The highest BCUT2D eigenvalue weighted by Crippen LogP contribution is 2.30. The summed E-state index contributed by atoms with van der Waals surface area (Å²) in [6.45, 7) is 7.49. The van der Waals surface area contributed by atoms with Crippen molar-refractivity contribution in [2.24, 2.45) is 0 Å². The van der Waals surface area contributed by atoms with E-state index in [0.717, 1.165) is 43.9 Å². The SMILES string of the molecule is CCn1c2ccccc2c2cc(CN3CCc4c(nc(C)[nH]c4=O)C3)ccc21. The quantitative estimate of drug-likeness (QED) is 0.596. The molecular weight excluding hydrogens is 348 g/mol. The normalized spacial score (nSPS) is 14.6. The minimum atomic E-state index is 0.0240. The van der Waals surface area contributed by atoms with Crippen molar-refractivity contribution in [1.82, 2.24) is 19.4 Å². The van der Waals surface area contributed by atoms with Crippen LogP contribution in [0.3, 0.4) is 0 Å². The molecule has 4 aromatic rings. The van der Waals surface area contributed by atoms with E-state index in [1.165, 1.54) is 27.4 Å². The standard InChI is InChI=1S/C23H24N4O/c1-3-27-21-7-5-4-6-17(21)19-12-16(8-9-22(19)27)13-26-11-10-18-20(14-26)24-15(2)25-23(18)28/h4-9,12H,3,10-11,13-14H2,1-2H3,(H,24,25,28).